The van der Waals surface area contributed by atoms with E-state index in [9.17, 15) is 26.7 Å². The van der Waals surface area contributed by atoms with Gasteiger partial charge < -0.3 is 13.9 Å². The van der Waals surface area contributed by atoms with E-state index in [0.717, 1.165) is 0 Å². The fourth-order valence-electron chi connectivity index (χ4n) is 2.41. The van der Waals surface area contributed by atoms with E-state index in [1.807, 2.05) is 0 Å². The van der Waals surface area contributed by atoms with Gasteiger partial charge in [0, 0.05) is 0 Å². The number of ether oxygens (including phenoxy) is 2. The molecule has 0 bridgehead atoms. The number of furan rings is 1. The molecule has 0 aliphatic rings. The molecule has 9 heteroatoms. The molecule has 3 rings (SSSR count). The predicted octanol–water partition coefficient (Wildman–Crippen LogP) is 5.86. The van der Waals surface area contributed by atoms with Crippen LogP contribution in [-0.2, 0) is 6.18 Å². The van der Waals surface area contributed by atoms with Gasteiger partial charge in [-0.3, -0.25) is 4.79 Å². The molecule has 146 valence electrons. The fraction of sp³-hybridized carbons (Fsp3) is 0.105. The Kier molecular flexibility index (Phi) is 5.08. The second kappa shape index (κ2) is 7.34. The van der Waals surface area contributed by atoms with Crippen LogP contribution in [0.5, 0.6) is 17.2 Å². The van der Waals surface area contributed by atoms with Crippen molar-refractivity contribution < 1.29 is 40.6 Å². The van der Waals surface area contributed by atoms with Gasteiger partial charge in [0.15, 0.2) is 29.4 Å². The van der Waals surface area contributed by atoms with E-state index < -0.39 is 29.1 Å². The minimum Gasteiger partial charge on any atom is -0.497 e. The lowest BCUT2D eigenvalue weighted by atomic mass is 10.1. The van der Waals surface area contributed by atoms with E-state index >= 15 is 0 Å². The average molecular weight is 398 g/mol. The molecular weight excluding hydrogens is 387 g/mol. The van der Waals surface area contributed by atoms with E-state index in [1.54, 1.807) is 0 Å². The van der Waals surface area contributed by atoms with Crippen LogP contribution < -0.4 is 9.47 Å². The molecule has 0 aliphatic carbocycles. The van der Waals surface area contributed by atoms with Gasteiger partial charge in [-0.15, -0.1) is 0 Å². The van der Waals surface area contributed by atoms with Gasteiger partial charge in [0.05, 0.1) is 18.2 Å². The molecule has 0 saturated heterocycles. The van der Waals surface area contributed by atoms with Crippen molar-refractivity contribution in [2.45, 2.75) is 6.18 Å². The van der Waals surface area contributed by atoms with Crippen molar-refractivity contribution >= 4 is 6.29 Å². The van der Waals surface area contributed by atoms with E-state index in [2.05, 4.69) is 0 Å². The Morgan fingerprint density at radius 3 is 2.21 bits per heavy atom. The first-order chi connectivity index (χ1) is 13.2. The maximum Gasteiger partial charge on any atom is 0.416 e. The standard InChI is InChI=1S/C19H11F5O4/c1-26-11-2-4-17(13(8-11)16-5-3-12(9-25)27-16)28-18-14(20)6-10(7-15(18)21)19(22,23)24/h2-9H,1H3. The average Bonchev–Trinajstić information content (AvgIpc) is 3.13. The third-order valence-corrected chi connectivity index (χ3v) is 3.73. The Hall–Kier alpha value is -3.36. The Morgan fingerprint density at radius 1 is 1.00 bits per heavy atom. The molecular formula is C19H11F5O4. The number of alkyl halides is 3. The number of carbonyl (C=O) groups is 1. The van der Waals surface area contributed by atoms with E-state index in [-0.39, 0.29) is 35.0 Å². The predicted molar refractivity (Wildman–Crippen MR) is 87.5 cm³/mol. The summed E-state index contributed by atoms with van der Waals surface area (Å²) in [4.78, 5) is 10.8. The molecule has 0 amide bonds. The van der Waals surface area contributed by atoms with Gasteiger partial charge >= 0.3 is 6.18 Å². The van der Waals surface area contributed by atoms with Crippen LogP contribution in [0.15, 0.2) is 46.9 Å². The lowest BCUT2D eigenvalue weighted by molar-refractivity contribution is -0.138. The van der Waals surface area contributed by atoms with Crippen LogP contribution in [-0.4, -0.2) is 13.4 Å². The van der Waals surface area contributed by atoms with Crippen molar-refractivity contribution in [3.05, 3.63) is 65.4 Å². The molecule has 0 atom stereocenters. The number of methoxy groups -OCH3 is 1. The van der Waals surface area contributed by atoms with E-state index in [1.165, 1.54) is 37.4 Å². The smallest absolute Gasteiger partial charge is 0.416 e. The lowest BCUT2D eigenvalue weighted by Gasteiger charge is -2.14. The van der Waals surface area contributed by atoms with Crippen molar-refractivity contribution in [1.29, 1.82) is 0 Å². The molecule has 0 spiro atoms. The molecule has 0 fully saturated rings. The lowest BCUT2D eigenvalue weighted by Crippen LogP contribution is -2.07. The van der Waals surface area contributed by atoms with Crippen molar-refractivity contribution in [1.82, 2.24) is 0 Å². The minimum absolute atomic E-state index is 0.00402. The largest absolute Gasteiger partial charge is 0.497 e. The first-order valence-electron chi connectivity index (χ1n) is 7.70. The molecule has 2 aromatic carbocycles. The van der Waals surface area contributed by atoms with Gasteiger partial charge in [-0.2, -0.15) is 13.2 Å². The summed E-state index contributed by atoms with van der Waals surface area (Å²) in [5.41, 5.74) is -1.31. The number of halogens is 5. The van der Waals surface area contributed by atoms with Gasteiger partial charge in [-0.25, -0.2) is 8.78 Å². The molecule has 0 radical (unpaired) electrons. The van der Waals surface area contributed by atoms with Crippen LogP contribution in [0.25, 0.3) is 11.3 Å². The molecule has 4 nitrogen and oxygen atoms in total. The molecule has 0 unspecified atom stereocenters. The maximum absolute atomic E-state index is 14.1. The summed E-state index contributed by atoms with van der Waals surface area (Å²) >= 11 is 0. The highest BCUT2D eigenvalue weighted by atomic mass is 19.4. The first-order valence-corrected chi connectivity index (χ1v) is 7.70. The normalized spacial score (nSPS) is 11.4. The summed E-state index contributed by atoms with van der Waals surface area (Å²) in [7, 11) is 1.38. The molecule has 1 heterocycles. The third-order valence-electron chi connectivity index (χ3n) is 3.73. The van der Waals surface area contributed by atoms with Crippen molar-refractivity contribution in [2.75, 3.05) is 7.11 Å². The summed E-state index contributed by atoms with van der Waals surface area (Å²) in [6, 6.07) is 7.20. The van der Waals surface area contributed by atoms with Crippen LogP contribution in [0.3, 0.4) is 0 Å². The van der Waals surface area contributed by atoms with Gasteiger partial charge in [0.2, 0.25) is 0 Å². The quantitative estimate of drug-likeness (QED) is 0.399. The van der Waals surface area contributed by atoms with Gasteiger partial charge in [0.1, 0.15) is 17.3 Å². The summed E-state index contributed by atoms with van der Waals surface area (Å²) in [6.45, 7) is 0. The highest BCUT2D eigenvalue weighted by Gasteiger charge is 2.33. The number of hydrogen-bond donors (Lipinski definition) is 0. The highest BCUT2D eigenvalue weighted by molar-refractivity contribution is 5.75. The van der Waals surface area contributed by atoms with Crippen LogP contribution in [0.2, 0.25) is 0 Å². The van der Waals surface area contributed by atoms with Gasteiger partial charge in [-0.05, 0) is 42.5 Å². The SMILES string of the molecule is COc1ccc(Oc2c(F)cc(C(F)(F)F)cc2F)c(-c2ccc(C=O)o2)c1. The summed E-state index contributed by atoms with van der Waals surface area (Å²) < 4.78 is 81.8. The van der Waals surface area contributed by atoms with Crippen LogP contribution in [0.4, 0.5) is 22.0 Å². The van der Waals surface area contributed by atoms with Crippen molar-refractivity contribution in [3.8, 4) is 28.6 Å². The summed E-state index contributed by atoms with van der Waals surface area (Å²) in [6.07, 6.45) is -4.45. The first kappa shape index (κ1) is 19.4. The van der Waals surface area contributed by atoms with E-state index in [4.69, 9.17) is 13.9 Å². The Morgan fingerprint density at radius 2 is 1.68 bits per heavy atom. The number of rotatable bonds is 5. The Labute approximate surface area is 155 Å². The topological polar surface area (TPSA) is 48.7 Å². The van der Waals surface area contributed by atoms with Crippen LogP contribution in [0, 0.1) is 11.6 Å². The maximum atomic E-state index is 14.1. The zero-order chi connectivity index (χ0) is 20.5. The van der Waals surface area contributed by atoms with E-state index in [0.29, 0.717) is 12.0 Å². The number of benzene rings is 2. The fourth-order valence-corrected chi connectivity index (χ4v) is 2.41. The van der Waals surface area contributed by atoms with Crippen molar-refractivity contribution in [2.24, 2.45) is 0 Å². The summed E-state index contributed by atoms with van der Waals surface area (Å²) in [5, 5.41) is 0. The number of carbonyl (C=O) groups excluding carboxylic acids is 1. The van der Waals surface area contributed by atoms with Crippen LogP contribution >= 0.6 is 0 Å². The molecule has 3 aromatic rings. The van der Waals surface area contributed by atoms with Crippen molar-refractivity contribution in [3.63, 3.8) is 0 Å². The molecule has 0 N–H and O–H groups in total. The molecule has 1 aromatic heterocycles. The third kappa shape index (κ3) is 3.83. The van der Waals surface area contributed by atoms with Crippen LogP contribution in [0.1, 0.15) is 16.1 Å². The second-order valence-corrected chi connectivity index (χ2v) is 5.55. The Balaban J connectivity index is 2.06. The van der Waals surface area contributed by atoms with Gasteiger partial charge in [-0.1, -0.05) is 0 Å². The highest BCUT2D eigenvalue weighted by Crippen LogP contribution is 2.40. The monoisotopic (exact) mass is 398 g/mol. The zero-order valence-electron chi connectivity index (χ0n) is 14.1. The molecule has 0 saturated carbocycles. The second-order valence-electron chi connectivity index (χ2n) is 5.55. The number of aldehydes is 1. The van der Waals surface area contributed by atoms with Gasteiger partial charge in [0.25, 0.3) is 0 Å². The Bertz CT molecular complexity index is 1000. The minimum atomic E-state index is -4.91. The summed E-state index contributed by atoms with van der Waals surface area (Å²) in [5.74, 6) is -3.71. The molecule has 0 aliphatic heterocycles. The number of hydrogen-bond acceptors (Lipinski definition) is 4. The molecule has 28 heavy (non-hydrogen) atoms. The zero-order valence-corrected chi connectivity index (χ0v) is 14.1.